The van der Waals surface area contributed by atoms with Gasteiger partial charge >= 0.3 is 0 Å². The summed E-state index contributed by atoms with van der Waals surface area (Å²) >= 11 is 0. The first-order valence-electron chi connectivity index (χ1n) is 12.2. The van der Waals surface area contributed by atoms with E-state index >= 15 is 0 Å². The van der Waals surface area contributed by atoms with Gasteiger partial charge in [-0.05, 0) is 55.3 Å². The van der Waals surface area contributed by atoms with Gasteiger partial charge in [0.2, 0.25) is 11.8 Å². The van der Waals surface area contributed by atoms with Crippen LogP contribution in [0, 0.1) is 5.92 Å². The number of benzene rings is 2. The average molecular weight is 463 g/mol. The summed E-state index contributed by atoms with van der Waals surface area (Å²) in [6, 6.07) is 13.2. The predicted octanol–water partition coefficient (Wildman–Crippen LogP) is 3.19. The Labute approximate surface area is 201 Å². The Kier molecular flexibility index (Phi) is 7.32. The lowest BCUT2D eigenvalue weighted by atomic mass is 10.0. The summed E-state index contributed by atoms with van der Waals surface area (Å²) in [4.78, 5) is 44.4. The summed E-state index contributed by atoms with van der Waals surface area (Å²) in [5.74, 6) is -0.567. The largest absolute Gasteiger partial charge is 0.336 e. The molecule has 2 aliphatic heterocycles. The highest BCUT2D eigenvalue weighted by Gasteiger charge is 2.36. The van der Waals surface area contributed by atoms with Gasteiger partial charge in [0.15, 0.2) is 0 Å². The van der Waals surface area contributed by atoms with Crippen molar-refractivity contribution >= 4 is 29.1 Å². The number of carbonyl (C=O) groups is 3. The Hall–Kier alpha value is -3.19. The van der Waals surface area contributed by atoms with E-state index in [-0.39, 0.29) is 24.1 Å². The third-order valence-electron chi connectivity index (χ3n) is 6.92. The fourth-order valence-electron chi connectivity index (χ4n) is 4.79. The van der Waals surface area contributed by atoms with E-state index in [4.69, 9.17) is 0 Å². The van der Waals surface area contributed by atoms with Gasteiger partial charge in [0, 0.05) is 56.1 Å². The van der Waals surface area contributed by atoms with Crippen LogP contribution in [0.15, 0.2) is 42.5 Å². The molecular weight excluding hydrogens is 428 g/mol. The second-order valence-corrected chi connectivity index (χ2v) is 9.20. The second kappa shape index (κ2) is 10.4. The molecule has 0 aliphatic carbocycles. The Morgan fingerprint density at radius 2 is 1.56 bits per heavy atom. The van der Waals surface area contributed by atoms with Gasteiger partial charge in [0.05, 0.1) is 5.92 Å². The monoisotopic (exact) mass is 462 g/mol. The normalized spacial score (nSPS) is 18.9. The zero-order chi connectivity index (χ0) is 24.2. The van der Waals surface area contributed by atoms with Crippen molar-refractivity contribution in [1.82, 2.24) is 9.80 Å². The first-order chi connectivity index (χ1) is 16.4. The standard InChI is InChI=1S/C27H34N4O3/c1-4-19-7-6-8-20(5-2)25(19)31-18-22(17-24(31)32)26(33)28-23-11-9-21(10-12-23)27(34)30-15-13-29(3)14-16-30/h6-12,22H,4-5,13-18H2,1-3H3,(H,28,33). The number of likely N-dealkylation sites (N-methyl/N-ethyl adjacent to an activating group) is 1. The van der Waals surface area contributed by atoms with Crippen LogP contribution in [0.5, 0.6) is 0 Å². The minimum Gasteiger partial charge on any atom is -0.336 e. The maximum Gasteiger partial charge on any atom is 0.253 e. The molecule has 2 aromatic rings. The van der Waals surface area contributed by atoms with Gasteiger partial charge in [-0.1, -0.05) is 32.0 Å². The topological polar surface area (TPSA) is 73.0 Å². The Bertz CT molecular complexity index is 1040. The maximum absolute atomic E-state index is 13.0. The molecule has 2 aromatic carbocycles. The first kappa shape index (κ1) is 24.0. The molecule has 7 nitrogen and oxygen atoms in total. The smallest absolute Gasteiger partial charge is 0.253 e. The van der Waals surface area contributed by atoms with Gasteiger partial charge in [0.1, 0.15) is 0 Å². The van der Waals surface area contributed by atoms with E-state index in [0.717, 1.165) is 55.8 Å². The zero-order valence-electron chi connectivity index (χ0n) is 20.3. The summed E-state index contributed by atoms with van der Waals surface area (Å²) in [6.07, 6.45) is 1.87. The molecule has 1 N–H and O–H groups in total. The molecule has 1 atom stereocenters. The molecule has 7 heteroatoms. The van der Waals surface area contributed by atoms with E-state index in [1.165, 1.54) is 0 Å². The second-order valence-electron chi connectivity index (χ2n) is 9.20. The SMILES string of the molecule is CCc1cccc(CC)c1N1CC(C(=O)Nc2ccc(C(=O)N3CCN(C)CC3)cc2)CC1=O. The summed E-state index contributed by atoms with van der Waals surface area (Å²) in [5, 5.41) is 2.94. The Morgan fingerprint density at radius 3 is 2.15 bits per heavy atom. The van der Waals surface area contributed by atoms with Gasteiger partial charge in [-0.15, -0.1) is 0 Å². The number of rotatable bonds is 6. The van der Waals surface area contributed by atoms with Crippen LogP contribution in [0.4, 0.5) is 11.4 Å². The molecule has 34 heavy (non-hydrogen) atoms. The van der Waals surface area contributed by atoms with Crippen molar-refractivity contribution in [3.8, 4) is 0 Å². The lowest BCUT2D eigenvalue weighted by Gasteiger charge is -2.32. The zero-order valence-corrected chi connectivity index (χ0v) is 20.3. The molecule has 2 heterocycles. The molecule has 4 rings (SSSR count). The summed E-state index contributed by atoms with van der Waals surface area (Å²) in [5.41, 5.74) is 4.49. The van der Waals surface area contributed by atoms with Crippen molar-refractivity contribution in [2.24, 2.45) is 5.92 Å². The quantitative estimate of drug-likeness (QED) is 0.716. The highest BCUT2D eigenvalue weighted by molar-refractivity contribution is 6.04. The Morgan fingerprint density at radius 1 is 0.941 bits per heavy atom. The van der Waals surface area contributed by atoms with Gasteiger partial charge in [-0.3, -0.25) is 14.4 Å². The molecule has 0 bridgehead atoms. The molecule has 2 fully saturated rings. The van der Waals surface area contributed by atoms with Gasteiger partial charge in [0.25, 0.3) is 5.91 Å². The summed E-state index contributed by atoms with van der Waals surface area (Å²) < 4.78 is 0. The van der Waals surface area contributed by atoms with Crippen molar-refractivity contribution in [3.05, 3.63) is 59.2 Å². The highest BCUT2D eigenvalue weighted by atomic mass is 16.2. The first-order valence-corrected chi connectivity index (χ1v) is 12.2. The van der Waals surface area contributed by atoms with Crippen molar-refractivity contribution in [1.29, 1.82) is 0 Å². The molecule has 0 radical (unpaired) electrons. The molecule has 2 saturated heterocycles. The van der Waals surface area contributed by atoms with Crippen LogP contribution in [0.25, 0.3) is 0 Å². The molecular formula is C27H34N4O3. The molecule has 3 amide bonds. The Balaban J connectivity index is 1.40. The van der Waals surface area contributed by atoms with E-state index in [1.807, 2.05) is 11.0 Å². The summed E-state index contributed by atoms with van der Waals surface area (Å²) in [7, 11) is 2.06. The number of piperazine rings is 1. The van der Waals surface area contributed by atoms with Crippen molar-refractivity contribution < 1.29 is 14.4 Å². The number of nitrogens with zero attached hydrogens (tertiary/aromatic N) is 3. The van der Waals surface area contributed by atoms with Crippen LogP contribution in [-0.4, -0.2) is 67.3 Å². The lowest BCUT2D eigenvalue weighted by molar-refractivity contribution is -0.122. The number of carbonyl (C=O) groups excluding carboxylic acids is 3. The molecule has 0 spiro atoms. The molecule has 1 unspecified atom stereocenters. The van der Waals surface area contributed by atoms with Crippen molar-refractivity contribution in [2.45, 2.75) is 33.1 Å². The number of nitrogens with one attached hydrogen (secondary N) is 1. The number of para-hydroxylation sites is 1. The van der Waals surface area contributed by atoms with Crippen LogP contribution in [0.3, 0.4) is 0 Å². The number of hydrogen-bond donors (Lipinski definition) is 1. The number of aryl methyl sites for hydroxylation is 2. The third kappa shape index (κ3) is 4.99. The van der Waals surface area contributed by atoms with Crippen molar-refractivity contribution in [2.75, 3.05) is 50.0 Å². The molecule has 0 aromatic heterocycles. The average Bonchev–Trinajstić information content (AvgIpc) is 3.25. The van der Waals surface area contributed by atoms with Crippen LogP contribution >= 0.6 is 0 Å². The maximum atomic E-state index is 13.0. The highest BCUT2D eigenvalue weighted by Crippen LogP contribution is 2.32. The third-order valence-corrected chi connectivity index (χ3v) is 6.92. The van der Waals surface area contributed by atoms with E-state index in [2.05, 4.69) is 43.2 Å². The molecule has 180 valence electrons. The minimum atomic E-state index is -0.409. The predicted molar refractivity (Wildman–Crippen MR) is 134 cm³/mol. The van der Waals surface area contributed by atoms with E-state index < -0.39 is 5.92 Å². The lowest BCUT2D eigenvalue weighted by Crippen LogP contribution is -2.47. The van der Waals surface area contributed by atoms with Gasteiger partial charge in [-0.25, -0.2) is 0 Å². The van der Waals surface area contributed by atoms with Crippen LogP contribution in [-0.2, 0) is 22.4 Å². The van der Waals surface area contributed by atoms with E-state index in [0.29, 0.717) is 17.8 Å². The van der Waals surface area contributed by atoms with E-state index in [1.54, 1.807) is 29.2 Å². The van der Waals surface area contributed by atoms with Crippen LogP contribution in [0.2, 0.25) is 0 Å². The summed E-state index contributed by atoms with van der Waals surface area (Å²) in [6.45, 7) is 7.75. The number of hydrogen-bond acceptors (Lipinski definition) is 4. The number of anilines is 2. The van der Waals surface area contributed by atoms with Gasteiger partial charge in [-0.2, -0.15) is 0 Å². The van der Waals surface area contributed by atoms with Crippen molar-refractivity contribution in [3.63, 3.8) is 0 Å². The number of amides is 3. The molecule has 2 aliphatic rings. The van der Waals surface area contributed by atoms with Crippen LogP contribution in [0.1, 0.15) is 41.8 Å². The fourth-order valence-corrected chi connectivity index (χ4v) is 4.79. The molecule has 0 saturated carbocycles. The van der Waals surface area contributed by atoms with Gasteiger partial charge < -0.3 is 20.0 Å². The van der Waals surface area contributed by atoms with Crippen LogP contribution < -0.4 is 10.2 Å². The van der Waals surface area contributed by atoms with E-state index in [9.17, 15) is 14.4 Å². The fraction of sp³-hybridized carbons (Fsp3) is 0.444. The minimum absolute atomic E-state index is 0.0103.